The second-order valence-corrected chi connectivity index (χ2v) is 10.0. The number of thioether (sulfide) groups is 1. The Morgan fingerprint density at radius 3 is 2.57 bits per heavy atom. The van der Waals surface area contributed by atoms with Gasteiger partial charge in [0.25, 0.3) is 0 Å². The van der Waals surface area contributed by atoms with Crippen LogP contribution in [0.15, 0.2) is 52.9 Å². The van der Waals surface area contributed by atoms with Crippen LogP contribution in [0.1, 0.15) is 35.1 Å². The third kappa shape index (κ3) is 2.99. The summed E-state index contributed by atoms with van der Waals surface area (Å²) in [6.45, 7) is 2.22. The lowest BCUT2D eigenvalue weighted by Crippen LogP contribution is -2.18. The average molecular weight is 340 g/mol. The van der Waals surface area contributed by atoms with E-state index in [1.54, 1.807) is 11.1 Å². The maximum Gasteiger partial charge on any atom is 0.111 e. The molecule has 1 saturated heterocycles. The number of benzene rings is 2. The zero-order valence-electron chi connectivity index (χ0n) is 13.9. The molecule has 0 N–H and O–H groups in total. The van der Waals surface area contributed by atoms with Crippen molar-refractivity contribution < 1.29 is 0 Å². The second kappa shape index (κ2) is 6.41. The van der Waals surface area contributed by atoms with Gasteiger partial charge >= 0.3 is 0 Å². The van der Waals surface area contributed by atoms with Crippen molar-refractivity contribution in [1.82, 2.24) is 0 Å². The molecule has 2 heteroatoms. The summed E-state index contributed by atoms with van der Waals surface area (Å²) in [4.78, 5) is 1.45. The highest BCUT2D eigenvalue weighted by Crippen LogP contribution is 2.43. The van der Waals surface area contributed by atoms with Crippen LogP contribution in [0.5, 0.6) is 0 Å². The predicted molar refractivity (Wildman–Crippen MR) is 105 cm³/mol. The van der Waals surface area contributed by atoms with Crippen molar-refractivity contribution in [3.8, 4) is 0 Å². The second-order valence-electron chi connectivity index (χ2n) is 6.61. The molecule has 4 rings (SSSR count). The first-order valence-electron chi connectivity index (χ1n) is 8.35. The third-order valence-electron chi connectivity index (χ3n) is 4.93. The van der Waals surface area contributed by atoms with E-state index in [2.05, 4.69) is 55.6 Å². The lowest BCUT2D eigenvalue weighted by atomic mass is 9.87. The highest BCUT2D eigenvalue weighted by atomic mass is 32.2. The topological polar surface area (TPSA) is 0 Å². The molecule has 0 amide bonds. The Bertz CT molecular complexity index is 763. The zero-order valence-corrected chi connectivity index (χ0v) is 15.5. The van der Waals surface area contributed by atoms with Gasteiger partial charge in [0.15, 0.2) is 0 Å². The van der Waals surface area contributed by atoms with Crippen LogP contribution < -0.4 is 0 Å². The molecular formula is C21H23S2+. The van der Waals surface area contributed by atoms with Gasteiger partial charge in [-0.15, -0.1) is 11.8 Å². The van der Waals surface area contributed by atoms with Gasteiger partial charge in [-0.05, 0) is 46.1 Å². The summed E-state index contributed by atoms with van der Waals surface area (Å²) >= 11 is 2.00. The monoisotopic (exact) mass is 339 g/mol. The number of aryl methyl sites for hydroxylation is 1. The van der Waals surface area contributed by atoms with E-state index in [1.165, 1.54) is 51.5 Å². The van der Waals surface area contributed by atoms with Gasteiger partial charge in [0.05, 0.1) is 6.26 Å². The van der Waals surface area contributed by atoms with E-state index in [0.717, 1.165) is 5.75 Å². The molecule has 2 aromatic carbocycles. The lowest BCUT2D eigenvalue weighted by molar-refractivity contribution is 0.958. The minimum absolute atomic E-state index is 0.621. The van der Waals surface area contributed by atoms with Gasteiger partial charge in [-0.1, -0.05) is 47.5 Å². The average Bonchev–Trinajstić information content (AvgIpc) is 2.72. The summed E-state index contributed by atoms with van der Waals surface area (Å²) < 4.78 is 0. The fourth-order valence-corrected chi connectivity index (χ4v) is 6.05. The van der Waals surface area contributed by atoms with Gasteiger partial charge in [0.1, 0.15) is 11.5 Å². The minimum atomic E-state index is 0.621. The van der Waals surface area contributed by atoms with Gasteiger partial charge in [0.2, 0.25) is 0 Å². The molecule has 23 heavy (non-hydrogen) atoms. The fourth-order valence-electron chi connectivity index (χ4n) is 3.61. The predicted octanol–water partition coefficient (Wildman–Crippen LogP) is 5.44. The normalized spacial score (nSPS) is 20.7. The molecular weight excluding hydrogens is 316 g/mol. The summed E-state index contributed by atoms with van der Waals surface area (Å²) in [6.07, 6.45) is 4.99. The molecule has 1 fully saturated rings. The van der Waals surface area contributed by atoms with Crippen molar-refractivity contribution in [1.29, 1.82) is 0 Å². The van der Waals surface area contributed by atoms with Crippen molar-refractivity contribution in [2.75, 3.05) is 17.8 Å². The molecule has 118 valence electrons. The van der Waals surface area contributed by atoms with E-state index in [1.807, 2.05) is 11.8 Å². The maximum absolute atomic E-state index is 2.43. The van der Waals surface area contributed by atoms with Gasteiger partial charge in [-0.25, -0.2) is 0 Å². The molecule has 0 aromatic heterocycles. The van der Waals surface area contributed by atoms with E-state index >= 15 is 0 Å². The molecule has 2 aromatic rings. The lowest BCUT2D eigenvalue weighted by Gasteiger charge is -2.21. The summed E-state index contributed by atoms with van der Waals surface area (Å²) in [6, 6.07) is 16.0. The van der Waals surface area contributed by atoms with Crippen molar-refractivity contribution in [3.05, 3.63) is 70.3 Å². The Hall–Kier alpha value is -1.12. The van der Waals surface area contributed by atoms with E-state index < -0.39 is 0 Å². The van der Waals surface area contributed by atoms with Crippen LogP contribution in [0.3, 0.4) is 0 Å². The van der Waals surface area contributed by atoms with Gasteiger partial charge < -0.3 is 0 Å². The molecule has 2 heterocycles. The molecule has 0 bridgehead atoms. The molecule has 0 radical (unpaired) electrons. The van der Waals surface area contributed by atoms with E-state index in [4.69, 9.17) is 0 Å². The smallest absolute Gasteiger partial charge is 0.111 e. The Labute approximate surface area is 146 Å². The highest BCUT2D eigenvalue weighted by Gasteiger charge is 2.26. The van der Waals surface area contributed by atoms with Crippen LogP contribution in [-0.4, -0.2) is 17.8 Å². The minimum Gasteiger partial charge on any atom is -0.121 e. The molecule has 0 spiro atoms. The van der Waals surface area contributed by atoms with Crippen LogP contribution in [0, 0.1) is 6.92 Å². The number of hydrogen-bond donors (Lipinski definition) is 0. The van der Waals surface area contributed by atoms with Gasteiger partial charge in [0, 0.05) is 23.5 Å². The molecule has 0 atom stereocenters. The van der Waals surface area contributed by atoms with E-state index in [-0.39, 0.29) is 0 Å². The van der Waals surface area contributed by atoms with Crippen LogP contribution in [0.4, 0.5) is 0 Å². The SMILES string of the molecule is Cc1ccc2c(c1)C(=C1CC[S+](C)CC1)c1ccccc1CS2. The largest absolute Gasteiger partial charge is 0.121 e. The summed E-state index contributed by atoms with van der Waals surface area (Å²) in [7, 11) is 0.621. The molecule has 2 aliphatic heterocycles. The summed E-state index contributed by atoms with van der Waals surface area (Å²) in [5.74, 6) is 3.83. The summed E-state index contributed by atoms with van der Waals surface area (Å²) in [5, 5.41) is 0. The van der Waals surface area contributed by atoms with Crippen LogP contribution in [-0.2, 0) is 16.6 Å². The van der Waals surface area contributed by atoms with Gasteiger partial charge in [-0.3, -0.25) is 0 Å². The molecule has 0 unspecified atom stereocenters. The maximum atomic E-state index is 2.43. The van der Waals surface area contributed by atoms with Crippen molar-refractivity contribution >= 4 is 28.2 Å². The zero-order chi connectivity index (χ0) is 15.8. The molecule has 0 aliphatic carbocycles. The quantitative estimate of drug-likeness (QED) is 0.576. The van der Waals surface area contributed by atoms with Crippen molar-refractivity contribution in [2.45, 2.75) is 30.4 Å². The first kappa shape index (κ1) is 15.4. The van der Waals surface area contributed by atoms with Gasteiger partial charge in [-0.2, -0.15) is 0 Å². The number of rotatable bonds is 0. The third-order valence-corrected chi connectivity index (χ3v) is 7.86. The van der Waals surface area contributed by atoms with Crippen LogP contribution >= 0.6 is 11.8 Å². The molecule has 0 nitrogen and oxygen atoms in total. The first-order chi connectivity index (χ1) is 11.2. The molecule has 0 saturated carbocycles. The van der Waals surface area contributed by atoms with Crippen molar-refractivity contribution in [3.63, 3.8) is 0 Å². The Kier molecular flexibility index (Phi) is 4.29. The number of allylic oxidation sites excluding steroid dienone is 1. The van der Waals surface area contributed by atoms with Crippen LogP contribution in [0.25, 0.3) is 5.57 Å². The molecule has 2 aliphatic rings. The number of fused-ring (bicyclic) bond motifs is 2. The fraction of sp³-hybridized carbons (Fsp3) is 0.333. The summed E-state index contributed by atoms with van der Waals surface area (Å²) in [5.41, 5.74) is 9.08. The Morgan fingerprint density at radius 1 is 0.957 bits per heavy atom. The van der Waals surface area contributed by atoms with E-state index in [9.17, 15) is 0 Å². The van der Waals surface area contributed by atoms with Crippen molar-refractivity contribution in [2.24, 2.45) is 0 Å². The Morgan fingerprint density at radius 2 is 1.74 bits per heavy atom. The first-order valence-corrected chi connectivity index (χ1v) is 11.3. The Balaban J connectivity index is 1.95. The van der Waals surface area contributed by atoms with E-state index in [0.29, 0.717) is 10.9 Å². The van der Waals surface area contributed by atoms with Crippen LogP contribution in [0.2, 0.25) is 0 Å². The number of hydrogen-bond acceptors (Lipinski definition) is 1. The highest BCUT2D eigenvalue weighted by molar-refractivity contribution is 7.98. The standard InChI is InChI=1S/C21H23S2/c1-15-7-8-20-19(13-15)21(16-9-11-23(2)12-10-16)18-6-4-3-5-17(18)14-22-20/h3-8,13H,9-12,14H2,1-2H3/q+1.